The molecule has 0 aromatic heterocycles. The van der Waals surface area contributed by atoms with Crippen LogP contribution in [0, 0.1) is 0 Å². The van der Waals surface area contributed by atoms with Crippen molar-refractivity contribution < 1.29 is 109 Å². The quantitative estimate of drug-likeness (QED) is 0.0458. The molecule has 0 N–H and O–H groups in total. The summed E-state index contributed by atoms with van der Waals surface area (Å²) < 4.78 is 102. The lowest BCUT2D eigenvalue weighted by molar-refractivity contribution is -0.260. The second kappa shape index (κ2) is 43.6. The van der Waals surface area contributed by atoms with Crippen LogP contribution in [0.2, 0.25) is 0 Å². The predicted molar refractivity (Wildman–Crippen MR) is 232 cm³/mol. The molecule has 394 valence electrons. The van der Waals surface area contributed by atoms with Crippen molar-refractivity contribution >= 4 is 23.6 Å². The van der Waals surface area contributed by atoms with Crippen LogP contribution < -0.4 is 0 Å². The van der Waals surface area contributed by atoms with E-state index in [2.05, 4.69) is 0 Å². The minimum absolute atomic E-state index is 0.0167. The number of hydroxylamine groups is 2. The van der Waals surface area contributed by atoms with Crippen molar-refractivity contribution in [1.29, 1.82) is 0 Å². The maximum absolute atomic E-state index is 12.4. The third-order valence-electron chi connectivity index (χ3n) is 8.81. The van der Waals surface area contributed by atoms with Crippen molar-refractivity contribution in [3.63, 3.8) is 0 Å². The summed E-state index contributed by atoms with van der Waals surface area (Å²) in [7, 11) is 7.83. The number of ketones is 1. The van der Waals surface area contributed by atoms with Gasteiger partial charge in [0.15, 0.2) is 24.7 Å². The smallest absolute Gasteiger partial charge is 0.333 e. The number of Topliss-reactive ketones (excluding diaryl/α,β-unsaturated/α-hetero) is 1. The fourth-order valence-corrected chi connectivity index (χ4v) is 5.37. The van der Waals surface area contributed by atoms with Crippen LogP contribution in [0.5, 0.6) is 0 Å². The summed E-state index contributed by atoms with van der Waals surface area (Å²) in [6, 6.07) is 0. The monoisotopic (exact) mass is 978 g/mol. The van der Waals surface area contributed by atoms with Crippen LogP contribution in [0.1, 0.15) is 39.5 Å². The Labute approximate surface area is 395 Å². The molecule has 1 aliphatic rings. The molecule has 0 saturated carbocycles. The summed E-state index contributed by atoms with van der Waals surface area (Å²) in [6.07, 6.45) is -4.63. The third kappa shape index (κ3) is 33.7. The number of rotatable bonds is 50. The fourth-order valence-electron chi connectivity index (χ4n) is 5.37. The highest BCUT2D eigenvalue weighted by atomic mass is 16.8. The molecule has 67 heavy (non-hydrogen) atoms. The Morgan fingerprint density at radius 2 is 0.836 bits per heavy atom. The van der Waals surface area contributed by atoms with Crippen LogP contribution in [0.15, 0.2) is 0 Å². The van der Waals surface area contributed by atoms with E-state index >= 15 is 0 Å². The van der Waals surface area contributed by atoms with Gasteiger partial charge in [0.05, 0.1) is 119 Å². The highest BCUT2D eigenvalue weighted by molar-refractivity contribution is 6.01. The van der Waals surface area contributed by atoms with Crippen molar-refractivity contribution in [3.8, 4) is 0 Å². The van der Waals surface area contributed by atoms with Crippen LogP contribution in [0.25, 0.3) is 0 Å². The normalized spacial score (nSPS) is 15.8. The van der Waals surface area contributed by atoms with Gasteiger partial charge in [0.1, 0.15) is 38.1 Å². The van der Waals surface area contributed by atoms with Gasteiger partial charge in [-0.25, -0.2) is 4.79 Å². The molecule has 0 radical (unpaired) electrons. The summed E-state index contributed by atoms with van der Waals surface area (Å²) in [5.74, 6) is -2.45. The number of methoxy groups -OCH3 is 5. The Balaban J connectivity index is 2.82. The van der Waals surface area contributed by atoms with Gasteiger partial charge in [0, 0.05) is 68.0 Å². The largest absolute Gasteiger partial charge is 0.382 e. The number of imide groups is 1. The summed E-state index contributed by atoms with van der Waals surface area (Å²) in [4.78, 5) is 52.6. The molecule has 6 atom stereocenters. The molecule has 24 nitrogen and oxygen atoms in total. The number of carbonyl (C=O) groups excluding carboxylic acids is 4. The number of carbonyl (C=O) groups is 4. The van der Waals surface area contributed by atoms with Gasteiger partial charge in [-0.1, -0.05) is 0 Å². The Morgan fingerprint density at radius 3 is 1.31 bits per heavy atom. The Hall–Kier alpha value is -2.44. The van der Waals surface area contributed by atoms with Crippen molar-refractivity contribution in [2.45, 2.75) is 76.7 Å². The maximum Gasteiger partial charge on any atom is 0.333 e. The van der Waals surface area contributed by atoms with E-state index in [1.54, 1.807) is 35.5 Å². The van der Waals surface area contributed by atoms with Crippen LogP contribution in [0.4, 0.5) is 0 Å². The fraction of sp³-hybridized carbons (Fsp3) is 0.907. The highest BCUT2D eigenvalue weighted by Crippen LogP contribution is 2.13. The summed E-state index contributed by atoms with van der Waals surface area (Å²) in [6.45, 7) is 7.94. The molecule has 0 spiro atoms. The first-order valence-electron chi connectivity index (χ1n) is 22.5. The number of ether oxygens (including phenoxy) is 18. The number of nitrogens with zero attached hydrogens (tertiary/aromatic N) is 1. The molecule has 0 bridgehead atoms. The van der Waals surface area contributed by atoms with Crippen molar-refractivity contribution in [1.82, 2.24) is 5.06 Å². The maximum atomic E-state index is 12.4. The minimum Gasteiger partial charge on any atom is -0.382 e. The summed E-state index contributed by atoms with van der Waals surface area (Å²) in [5, 5.41) is 0.439. The topological polar surface area (TPSA) is 247 Å². The summed E-state index contributed by atoms with van der Waals surface area (Å²) in [5.41, 5.74) is 0. The highest BCUT2D eigenvalue weighted by Gasteiger charge is 2.33. The zero-order valence-corrected chi connectivity index (χ0v) is 40.7. The average molecular weight is 978 g/mol. The molecule has 1 rings (SSSR count). The number of hydrogen-bond acceptors (Lipinski definition) is 23. The zero-order valence-electron chi connectivity index (χ0n) is 40.7. The first kappa shape index (κ1) is 62.6. The molecule has 0 aromatic rings. The van der Waals surface area contributed by atoms with Gasteiger partial charge < -0.3 is 90.1 Å². The molecule has 1 saturated heterocycles. The van der Waals surface area contributed by atoms with Crippen LogP contribution in [-0.2, 0) is 109 Å². The van der Waals surface area contributed by atoms with Gasteiger partial charge in [-0.05, 0) is 13.8 Å². The zero-order chi connectivity index (χ0) is 49.2. The lowest BCUT2D eigenvalue weighted by atomic mass is 10.2. The molecular formula is C43H79NO23. The average Bonchev–Trinajstić information content (AvgIpc) is 3.63. The van der Waals surface area contributed by atoms with Gasteiger partial charge in [-0.3, -0.25) is 14.4 Å². The van der Waals surface area contributed by atoms with Gasteiger partial charge >= 0.3 is 5.97 Å². The lowest BCUT2D eigenvalue weighted by Crippen LogP contribution is -2.37. The minimum atomic E-state index is -0.899. The molecule has 6 unspecified atom stereocenters. The predicted octanol–water partition coefficient (Wildman–Crippen LogP) is 0.515. The van der Waals surface area contributed by atoms with Crippen molar-refractivity contribution in [2.75, 3.05) is 181 Å². The van der Waals surface area contributed by atoms with E-state index in [9.17, 15) is 19.2 Å². The molecule has 2 amide bonds. The third-order valence-corrected chi connectivity index (χ3v) is 8.81. The van der Waals surface area contributed by atoms with E-state index in [4.69, 9.17) is 90.1 Å². The molecule has 0 aromatic carbocycles. The molecule has 0 aliphatic carbocycles. The van der Waals surface area contributed by atoms with Crippen molar-refractivity contribution in [3.05, 3.63) is 0 Å². The SMILES string of the molecule is CCOCC(COCC(OCCOC)OCC(OCCOC)OCC(OCCOC)OCC(COCC(COCC(=O)CCC(=O)ON1C(=O)CCC1=O)OCC)OCCOC)OCCOC. The van der Waals surface area contributed by atoms with E-state index in [0.717, 1.165) is 0 Å². The molecular weight excluding hydrogens is 898 g/mol. The van der Waals surface area contributed by atoms with E-state index in [-0.39, 0.29) is 123 Å². The standard InChI is InChI=1S/C43H79NO23/c1-8-54-25-36(59-19-14-49-3)28-57-31-41(61-21-16-51-5)65-33-43(63-23-18-53-7)66-32-42(62-22-17-52-6)64-30-37(60-20-15-50-4)29-56-27-35(58-9-2)26-55-24-34(45)10-13-40(48)67-44-38(46)11-12-39(44)47/h35-37,41-43H,8-33H2,1-7H3. The molecule has 24 heteroatoms. The van der Waals surface area contributed by atoms with Gasteiger partial charge in [0.2, 0.25) is 0 Å². The lowest BCUT2D eigenvalue weighted by Gasteiger charge is -2.27. The Morgan fingerprint density at radius 1 is 0.433 bits per heavy atom. The second-order valence-corrected chi connectivity index (χ2v) is 14.3. The Bertz CT molecular complexity index is 1210. The molecule has 1 heterocycles. The van der Waals surface area contributed by atoms with E-state index in [1.165, 1.54) is 0 Å². The van der Waals surface area contributed by atoms with E-state index in [1.807, 2.05) is 13.8 Å². The second-order valence-electron chi connectivity index (χ2n) is 14.3. The van der Waals surface area contributed by atoms with Gasteiger partial charge in [0.25, 0.3) is 11.8 Å². The molecule has 1 aliphatic heterocycles. The van der Waals surface area contributed by atoms with Crippen LogP contribution in [0.3, 0.4) is 0 Å². The van der Waals surface area contributed by atoms with E-state index in [0.29, 0.717) is 64.5 Å². The van der Waals surface area contributed by atoms with E-state index < -0.39 is 48.9 Å². The molecule has 1 fully saturated rings. The van der Waals surface area contributed by atoms with Crippen LogP contribution in [-0.4, -0.2) is 247 Å². The Kier molecular flexibility index (Phi) is 40.7. The van der Waals surface area contributed by atoms with Crippen molar-refractivity contribution in [2.24, 2.45) is 0 Å². The first-order chi connectivity index (χ1) is 32.6. The van der Waals surface area contributed by atoms with Crippen LogP contribution >= 0.6 is 0 Å². The van der Waals surface area contributed by atoms with Gasteiger partial charge in [-0.15, -0.1) is 5.06 Å². The van der Waals surface area contributed by atoms with Gasteiger partial charge in [-0.2, -0.15) is 0 Å². The first-order valence-corrected chi connectivity index (χ1v) is 22.5. The summed E-state index contributed by atoms with van der Waals surface area (Å²) >= 11 is 0. The number of hydrogen-bond donors (Lipinski definition) is 0. The number of amides is 2.